The summed E-state index contributed by atoms with van der Waals surface area (Å²) < 4.78 is 6.11. The standard InChI is InChI=1S/C21H22N2O3/c1-4-23(5-2)16-7-6-8-17(13-16)26-20-11-14(3)22-19-10-9-15(21(24)25)12-18(19)20/h6-13H,4-5H2,1-3H3,(H,24,25)/p-1. The molecule has 1 aromatic heterocycles. The van der Waals surface area contributed by atoms with Crippen LogP contribution < -0.4 is 14.7 Å². The first-order valence-electron chi connectivity index (χ1n) is 8.67. The Morgan fingerprint density at radius 1 is 1.12 bits per heavy atom. The summed E-state index contributed by atoms with van der Waals surface area (Å²) in [6, 6.07) is 14.4. The van der Waals surface area contributed by atoms with E-state index in [1.807, 2.05) is 37.3 Å². The number of anilines is 1. The maximum atomic E-state index is 11.2. The lowest BCUT2D eigenvalue weighted by molar-refractivity contribution is -0.255. The van der Waals surface area contributed by atoms with E-state index < -0.39 is 5.97 Å². The lowest BCUT2D eigenvalue weighted by Gasteiger charge is -2.21. The number of aromatic nitrogens is 1. The average Bonchev–Trinajstić information content (AvgIpc) is 2.62. The molecule has 134 valence electrons. The summed E-state index contributed by atoms with van der Waals surface area (Å²) in [5.41, 5.74) is 2.67. The van der Waals surface area contributed by atoms with Gasteiger partial charge in [0.1, 0.15) is 11.5 Å². The molecule has 0 bridgehead atoms. The topological polar surface area (TPSA) is 65.5 Å². The minimum Gasteiger partial charge on any atom is -0.545 e. The van der Waals surface area contributed by atoms with Crippen molar-refractivity contribution in [3.63, 3.8) is 0 Å². The first kappa shape index (κ1) is 17.7. The third-order valence-corrected chi connectivity index (χ3v) is 4.31. The Hall–Kier alpha value is -3.08. The Bertz CT molecular complexity index is 949. The number of pyridine rings is 1. The number of hydrogen-bond acceptors (Lipinski definition) is 5. The molecule has 0 fully saturated rings. The van der Waals surface area contributed by atoms with E-state index in [0.29, 0.717) is 22.4 Å². The molecule has 0 aliphatic carbocycles. The van der Waals surface area contributed by atoms with Gasteiger partial charge in [0, 0.05) is 42.0 Å². The summed E-state index contributed by atoms with van der Waals surface area (Å²) in [7, 11) is 0. The Kier molecular flexibility index (Phi) is 5.07. The molecule has 0 aliphatic heterocycles. The molecule has 0 atom stereocenters. The van der Waals surface area contributed by atoms with Gasteiger partial charge in [-0.25, -0.2) is 0 Å². The molecule has 3 rings (SSSR count). The van der Waals surface area contributed by atoms with Crippen LogP contribution in [-0.2, 0) is 0 Å². The summed E-state index contributed by atoms with van der Waals surface area (Å²) in [6.45, 7) is 7.92. The van der Waals surface area contributed by atoms with E-state index in [1.165, 1.54) is 6.07 Å². The minimum absolute atomic E-state index is 0.102. The second-order valence-electron chi connectivity index (χ2n) is 6.05. The van der Waals surface area contributed by atoms with Crippen LogP contribution in [0.2, 0.25) is 0 Å². The second kappa shape index (κ2) is 7.44. The van der Waals surface area contributed by atoms with Crippen LogP contribution in [0, 0.1) is 6.92 Å². The molecule has 2 aromatic carbocycles. The van der Waals surface area contributed by atoms with Crippen molar-refractivity contribution in [2.24, 2.45) is 0 Å². The van der Waals surface area contributed by atoms with Crippen LogP contribution in [0.4, 0.5) is 5.69 Å². The fourth-order valence-electron chi connectivity index (χ4n) is 2.99. The maximum Gasteiger partial charge on any atom is 0.138 e. The Morgan fingerprint density at radius 2 is 1.88 bits per heavy atom. The summed E-state index contributed by atoms with van der Waals surface area (Å²) in [6.07, 6.45) is 0. The van der Waals surface area contributed by atoms with Crippen molar-refractivity contribution in [3.05, 3.63) is 59.8 Å². The number of carboxylic acid groups (broad SMARTS) is 1. The normalized spacial score (nSPS) is 10.7. The van der Waals surface area contributed by atoms with Crippen LogP contribution in [0.15, 0.2) is 48.5 Å². The number of benzene rings is 2. The summed E-state index contributed by atoms with van der Waals surface area (Å²) in [5.74, 6) is 0.0504. The monoisotopic (exact) mass is 349 g/mol. The van der Waals surface area contributed by atoms with Crippen molar-refractivity contribution in [1.82, 2.24) is 4.98 Å². The summed E-state index contributed by atoms with van der Waals surface area (Å²) in [5, 5.41) is 11.8. The first-order valence-corrected chi connectivity index (χ1v) is 8.67. The second-order valence-corrected chi connectivity index (χ2v) is 6.05. The zero-order chi connectivity index (χ0) is 18.7. The number of carbonyl (C=O) groups excluding carboxylic acids is 1. The number of nitrogens with zero attached hydrogens (tertiary/aromatic N) is 2. The Labute approximate surface area is 152 Å². The lowest BCUT2D eigenvalue weighted by atomic mass is 10.1. The molecule has 1 heterocycles. The van der Waals surface area contributed by atoms with Crippen molar-refractivity contribution in [3.8, 4) is 11.5 Å². The predicted octanol–water partition coefficient (Wildman–Crippen LogP) is 3.55. The Morgan fingerprint density at radius 3 is 2.58 bits per heavy atom. The minimum atomic E-state index is -1.22. The third-order valence-electron chi connectivity index (χ3n) is 4.31. The van der Waals surface area contributed by atoms with Crippen molar-refractivity contribution < 1.29 is 14.6 Å². The molecule has 0 N–H and O–H groups in total. The molecular formula is C21H21N2O3-. The fraction of sp³-hybridized carbons (Fsp3) is 0.238. The van der Waals surface area contributed by atoms with Gasteiger partial charge >= 0.3 is 0 Å². The van der Waals surface area contributed by atoms with Crippen LogP contribution in [0.3, 0.4) is 0 Å². The highest BCUT2D eigenvalue weighted by atomic mass is 16.5. The molecule has 0 saturated heterocycles. The van der Waals surface area contributed by atoms with E-state index in [2.05, 4.69) is 23.7 Å². The van der Waals surface area contributed by atoms with Gasteiger partial charge in [0.2, 0.25) is 0 Å². The fourth-order valence-corrected chi connectivity index (χ4v) is 2.99. The van der Waals surface area contributed by atoms with Gasteiger partial charge in [0.15, 0.2) is 0 Å². The van der Waals surface area contributed by atoms with Gasteiger partial charge in [-0.1, -0.05) is 12.1 Å². The van der Waals surface area contributed by atoms with Crippen molar-refractivity contribution in [2.45, 2.75) is 20.8 Å². The number of aromatic carboxylic acids is 1. The van der Waals surface area contributed by atoms with Crippen LogP contribution in [0.1, 0.15) is 29.9 Å². The van der Waals surface area contributed by atoms with Gasteiger partial charge < -0.3 is 19.5 Å². The van der Waals surface area contributed by atoms with E-state index in [1.54, 1.807) is 12.1 Å². The van der Waals surface area contributed by atoms with E-state index in [4.69, 9.17) is 4.74 Å². The zero-order valence-electron chi connectivity index (χ0n) is 15.2. The number of aryl methyl sites for hydroxylation is 1. The van der Waals surface area contributed by atoms with Crippen molar-refractivity contribution in [1.29, 1.82) is 0 Å². The van der Waals surface area contributed by atoms with Crippen LogP contribution in [0.5, 0.6) is 11.5 Å². The third kappa shape index (κ3) is 3.61. The van der Waals surface area contributed by atoms with Gasteiger partial charge in [-0.15, -0.1) is 0 Å². The van der Waals surface area contributed by atoms with Gasteiger partial charge in [-0.3, -0.25) is 4.98 Å². The predicted molar refractivity (Wildman–Crippen MR) is 101 cm³/mol. The van der Waals surface area contributed by atoms with E-state index >= 15 is 0 Å². The van der Waals surface area contributed by atoms with Crippen LogP contribution >= 0.6 is 0 Å². The maximum absolute atomic E-state index is 11.2. The van der Waals surface area contributed by atoms with Crippen LogP contribution in [-0.4, -0.2) is 24.0 Å². The molecule has 0 saturated carbocycles. The molecule has 5 heteroatoms. The SMILES string of the molecule is CCN(CC)c1cccc(Oc2cc(C)nc3ccc(C(=O)[O-])cc23)c1. The number of hydrogen-bond donors (Lipinski definition) is 0. The number of carboxylic acids is 1. The molecule has 26 heavy (non-hydrogen) atoms. The lowest BCUT2D eigenvalue weighted by Crippen LogP contribution is -2.22. The quantitative estimate of drug-likeness (QED) is 0.681. The van der Waals surface area contributed by atoms with Gasteiger partial charge in [-0.05, 0) is 50.6 Å². The van der Waals surface area contributed by atoms with E-state index in [-0.39, 0.29) is 5.56 Å². The van der Waals surface area contributed by atoms with E-state index in [0.717, 1.165) is 24.5 Å². The highest BCUT2D eigenvalue weighted by Crippen LogP contribution is 2.32. The van der Waals surface area contributed by atoms with Gasteiger partial charge in [0.05, 0.1) is 11.5 Å². The first-order chi connectivity index (χ1) is 12.5. The molecule has 0 radical (unpaired) electrons. The smallest absolute Gasteiger partial charge is 0.138 e. The van der Waals surface area contributed by atoms with Gasteiger partial charge in [0.25, 0.3) is 0 Å². The Balaban J connectivity index is 2.04. The largest absolute Gasteiger partial charge is 0.545 e. The average molecular weight is 349 g/mol. The highest BCUT2D eigenvalue weighted by Gasteiger charge is 2.10. The zero-order valence-corrected chi connectivity index (χ0v) is 15.2. The van der Waals surface area contributed by atoms with Crippen LogP contribution in [0.25, 0.3) is 10.9 Å². The number of carbonyl (C=O) groups is 1. The number of rotatable bonds is 6. The molecule has 0 amide bonds. The number of ether oxygens (including phenoxy) is 1. The molecule has 0 aliphatic rings. The highest BCUT2D eigenvalue weighted by molar-refractivity contribution is 5.94. The molecule has 3 aromatic rings. The molecular weight excluding hydrogens is 328 g/mol. The van der Waals surface area contributed by atoms with Crippen molar-refractivity contribution in [2.75, 3.05) is 18.0 Å². The molecule has 0 unspecified atom stereocenters. The summed E-state index contributed by atoms with van der Waals surface area (Å²) >= 11 is 0. The van der Waals surface area contributed by atoms with Crippen molar-refractivity contribution >= 4 is 22.6 Å². The molecule has 5 nitrogen and oxygen atoms in total. The summed E-state index contributed by atoms with van der Waals surface area (Å²) in [4.78, 5) is 17.9. The molecule has 0 spiro atoms. The van der Waals surface area contributed by atoms with Gasteiger partial charge in [-0.2, -0.15) is 0 Å². The van der Waals surface area contributed by atoms with E-state index in [9.17, 15) is 9.90 Å². The number of fused-ring (bicyclic) bond motifs is 1.